The first kappa shape index (κ1) is 10.9. The van der Waals surface area contributed by atoms with Crippen LogP contribution >= 0.6 is 0 Å². The van der Waals surface area contributed by atoms with E-state index in [9.17, 15) is 9.18 Å². The molecule has 86 valence electrons. The van der Waals surface area contributed by atoms with Crippen molar-refractivity contribution in [2.45, 2.75) is 13.3 Å². The number of ether oxygens (including phenoxy) is 1. The highest BCUT2D eigenvalue weighted by atomic mass is 19.1. The van der Waals surface area contributed by atoms with Crippen molar-refractivity contribution >= 4 is 5.91 Å². The van der Waals surface area contributed by atoms with Gasteiger partial charge in [0.1, 0.15) is 0 Å². The summed E-state index contributed by atoms with van der Waals surface area (Å²) in [6, 6.07) is 3.34. The summed E-state index contributed by atoms with van der Waals surface area (Å²) in [6.07, 6.45) is 0.704. The van der Waals surface area contributed by atoms with E-state index in [1.54, 1.807) is 17.0 Å². The molecule has 1 heterocycles. The van der Waals surface area contributed by atoms with E-state index in [2.05, 4.69) is 0 Å². The van der Waals surface area contributed by atoms with Crippen LogP contribution in [0.4, 0.5) is 4.39 Å². The summed E-state index contributed by atoms with van der Waals surface area (Å²) >= 11 is 0. The highest BCUT2D eigenvalue weighted by Crippen LogP contribution is 2.28. The molecule has 1 aromatic rings. The fraction of sp³-hybridized carbons (Fsp3) is 0.417. The molecule has 1 aliphatic heterocycles. The number of carbonyl (C=O) groups is 1. The van der Waals surface area contributed by atoms with Gasteiger partial charge in [0, 0.05) is 13.1 Å². The van der Waals surface area contributed by atoms with Gasteiger partial charge in [-0.1, -0.05) is 6.07 Å². The van der Waals surface area contributed by atoms with Gasteiger partial charge >= 0.3 is 0 Å². The second-order valence-electron chi connectivity index (χ2n) is 3.75. The van der Waals surface area contributed by atoms with E-state index in [0.29, 0.717) is 19.5 Å². The fourth-order valence-electron chi connectivity index (χ4n) is 2.01. The molecule has 0 saturated carbocycles. The molecule has 0 N–H and O–H groups in total. The standard InChI is InChI=1S/C12H14FNO2/c1-3-14-7-6-8-4-5-9(16-2)11(13)10(8)12(14)15/h4-5H,3,6-7H2,1-2H3. The topological polar surface area (TPSA) is 29.5 Å². The van der Waals surface area contributed by atoms with Gasteiger partial charge in [-0.2, -0.15) is 0 Å². The van der Waals surface area contributed by atoms with E-state index in [4.69, 9.17) is 4.74 Å². The summed E-state index contributed by atoms with van der Waals surface area (Å²) in [5.74, 6) is -0.645. The second-order valence-corrected chi connectivity index (χ2v) is 3.75. The maximum absolute atomic E-state index is 13.9. The molecule has 0 saturated heterocycles. The first-order valence-electron chi connectivity index (χ1n) is 5.33. The van der Waals surface area contributed by atoms with E-state index in [1.165, 1.54) is 7.11 Å². The number of amides is 1. The Morgan fingerprint density at radius 2 is 2.25 bits per heavy atom. The van der Waals surface area contributed by atoms with E-state index >= 15 is 0 Å². The van der Waals surface area contributed by atoms with Crippen LogP contribution in [-0.4, -0.2) is 31.0 Å². The molecule has 0 fully saturated rings. The third-order valence-corrected chi connectivity index (χ3v) is 2.95. The first-order chi connectivity index (χ1) is 7.69. The molecule has 4 heteroatoms. The number of hydrogen-bond donors (Lipinski definition) is 0. The molecule has 2 rings (SSSR count). The third kappa shape index (κ3) is 1.54. The number of hydrogen-bond acceptors (Lipinski definition) is 2. The molecule has 0 spiro atoms. The summed E-state index contributed by atoms with van der Waals surface area (Å²) in [4.78, 5) is 13.6. The van der Waals surface area contributed by atoms with Gasteiger partial charge in [0.15, 0.2) is 11.6 Å². The van der Waals surface area contributed by atoms with Gasteiger partial charge in [0.25, 0.3) is 5.91 Å². The van der Waals surface area contributed by atoms with E-state index in [-0.39, 0.29) is 17.2 Å². The van der Waals surface area contributed by atoms with Crippen molar-refractivity contribution in [2.24, 2.45) is 0 Å². The number of likely N-dealkylation sites (N-methyl/N-ethyl adjacent to an activating group) is 1. The number of halogens is 1. The minimum absolute atomic E-state index is 0.130. The van der Waals surface area contributed by atoms with Crippen molar-refractivity contribution in [3.63, 3.8) is 0 Å². The lowest BCUT2D eigenvalue weighted by Gasteiger charge is -2.27. The monoisotopic (exact) mass is 223 g/mol. The van der Waals surface area contributed by atoms with Crippen LogP contribution in [0.3, 0.4) is 0 Å². The van der Waals surface area contributed by atoms with Crippen molar-refractivity contribution in [3.8, 4) is 5.75 Å². The minimum atomic E-state index is -0.539. The van der Waals surface area contributed by atoms with E-state index < -0.39 is 5.82 Å². The van der Waals surface area contributed by atoms with Crippen molar-refractivity contribution in [1.82, 2.24) is 4.90 Å². The van der Waals surface area contributed by atoms with Crippen LogP contribution in [0.15, 0.2) is 12.1 Å². The van der Waals surface area contributed by atoms with Gasteiger partial charge < -0.3 is 9.64 Å². The van der Waals surface area contributed by atoms with Crippen LogP contribution in [0.5, 0.6) is 5.75 Å². The predicted molar refractivity (Wildman–Crippen MR) is 58.2 cm³/mol. The van der Waals surface area contributed by atoms with E-state index in [0.717, 1.165) is 5.56 Å². The Morgan fingerprint density at radius 3 is 2.88 bits per heavy atom. The van der Waals surface area contributed by atoms with Crippen LogP contribution in [0.2, 0.25) is 0 Å². The molecule has 0 unspecified atom stereocenters. The van der Waals surface area contributed by atoms with Gasteiger partial charge in [-0.3, -0.25) is 4.79 Å². The summed E-state index contributed by atoms with van der Waals surface area (Å²) in [6.45, 7) is 3.16. The van der Waals surface area contributed by atoms with Crippen molar-refractivity contribution < 1.29 is 13.9 Å². The van der Waals surface area contributed by atoms with Crippen molar-refractivity contribution in [3.05, 3.63) is 29.1 Å². The zero-order chi connectivity index (χ0) is 11.7. The Labute approximate surface area is 93.8 Å². The number of carbonyl (C=O) groups excluding carboxylic acids is 1. The van der Waals surface area contributed by atoms with Crippen molar-refractivity contribution in [1.29, 1.82) is 0 Å². The lowest BCUT2D eigenvalue weighted by molar-refractivity contribution is 0.0742. The molecule has 3 nitrogen and oxygen atoms in total. The molecule has 0 atom stereocenters. The normalized spacial score (nSPS) is 14.9. The first-order valence-corrected chi connectivity index (χ1v) is 5.33. The van der Waals surface area contributed by atoms with Gasteiger partial charge in [0.05, 0.1) is 12.7 Å². The average Bonchev–Trinajstić information content (AvgIpc) is 2.30. The summed E-state index contributed by atoms with van der Waals surface area (Å²) < 4.78 is 18.8. The van der Waals surface area contributed by atoms with Crippen molar-refractivity contribution in [2.75, 3.05) is 20.2 Å². The quantitative estimate of drug-likeness (QED) is 0.765. The maximum Gasteiger partial charge on any atom is 0.257 e. The average molecular weight is 223 g/mol. The minimum Gasteiger partial charge on any atom is -0.494 e. The maximum atomic E-state index is 13.9. The molecule has 0 aliphatic carbocycles. The molecule has 1 amide bonds. The third-order valence-electron chi connectivity index (χ3n) is 2.95. The second kappa shape index (κ2) is 4.12. The molecule has 1 aliphatic rings. The lowest BCUT2D eigenvalue weighted by Crippen LogP contribution is -2.38. The zero-order valence-corrected chi connectivity index (χ0v) is 9.42. The largest absolute Gasteiger partial charge is 0.494 e. The molecule has 0 radical (unpaired) electrons. The summed E-state index contributed by atoms with van der Waals surface area (Å²) in [5.41, 5.74) is 0.945. The van der Waals surface area contributed by atoms with Gasteiger partial charge in [-0.25, -0.2) is 4.39 Å². The van der Waals surface area contributed by atoms with E-state index in [1.807, 2.05) is 6.92 Å². The number of rotatable bonds is 2. The molecule has 16 heavy (non-hydrogen) atoms. The van der Waals surface area contributed by atoms with Gasteiger partial charge in [-0.15, -0.1) is 0 Å². The molecular weight excluding hydrogens is 209 g/mol. The summed E-state index contributed by atoms with van der Waals surface area (Å²) in [7, 11) is 1.40. The Morgan fingerprint density at radius 1 is 1.50 bits per heavy atom. The highest BCUT2D eigenvalue weighted by molar-refractivity contribution is 5.97. The van der Waals surface area contributed by atoms with Crippen LogP contribution in [0, 0.1) is 5.82 Å². The van der Waals surface area contributed by atoms with Gasteiger partial charge in [0.2, 0.25) is 0 Å². The number of fused-ring (bicyclic) bond motifs is 1. The summed E-state index contributed by atoms with van der Waals surface area (Å²) in [5, 5.41) is 0. The molecule has 0 aromatic heterocycles. The van der Waals surface area contributed by atoms with Crippen LogP contribution in [0.1, 0.15) is 22.8 Å². The number of benzene rings is 1. The Hall–Kier alpha value is -1.58. The SMILES string of the molecule is CCN1CCc2ccc(OC)c(F)c2C1=O. The van der Waals surface area contributed by atoms with Crippen LogP contribution < -0.4 is 4.74 Å². The number of nitrogens with zero attached hydrogens (tertiary/aromatic N) is 1. The zero-order valence-electron chi connectivity index (χ0n) is 9.42. The van der Waals surface area contributed by atoms with Crippen LogP contribution in [-0.2, 0) is 6.42 Å². The Kier molecular flexibility index (Phi) is 2.81. The number of methoxy groups -OCH3 is 1. The Bertz CT molecular complexity index is 431. The lowest BCUT2D eigenvalue weighted by atomic mass is 9.98. The molecular formula is C12H14FNO2. The molecule has 0 bridgehead atoms. The fourth-order valence-corrected chi connectivity index (χ4v) is 2.01. The smallest absolute Gasteiger partial charge is 0.257 e. The Balaban J connectivity index is 2.52. The van der Waals surface area contributed by atoms with Crippen LogP contribution in [0.25, 0.3) is 0 Å². The predicted octanol–water partition coefficient (Wildman–Crippen LogP) is 1.85. The highest BCUT2D eigenvalue weighted by Gasteiger charge is 2.28. The van der Waals surface area contributed by atoms with Gasteiger partial charge in [-0.05, 0) is 25.0 Å². The molecule has 1 aromatic carbocycles.